The summed E-state index contributed by atoms with van der Waals surface area (Å²) in [6.07, 6.45) is 5.67. The third-order valence-corrected chi connectivity index (χ3v) is 5.74. The highest BCUT2D eigenvalue weighted by atomic mass is 15.1. The van der Waals surface area contributed by atoms with Crippen LogP contribution in [0.2, 0.25) is 0 Å². The van der Waals surface area contributed by atoms with Gasteiger partial charge in [-0.05, 0) is 67.7 Å². The van der Waals surface area contributed by atoms with E-state index < -0.39 is 0 Å². The lowest BCUT2D eigenvalue weighted by atomic mass is 9.90. The molecule has 0 amide bonds. The molecule has 0 spiro atoms. The molecule has 1 heteroatoms. The number of rotatable bonds is 5. The van der Waals surface area contributed by atoms with Crippen LogP contribution in [-0.2, 0) is 6.54 Å². The number of likely N-dealkylation sites (tertiary alicyclic amines) is 1. The molecule has 23 heavy (non-hydrogen) atoms. The van der Waals surface area contributed by atoms with E-state index in [0.29, 0.717) is 0 Å². The van der Waals surface area contributed by atoms with Crippen LogP contribution in [0.25, 0.3) is 0 Å². The summed E-state index contributed by atoms with van der Waals surface area (Å²) in [6.45, 7) is 3.69. The molecule has 2 aromatic rings. The molecule has 1 saturated carbocycles. The lowest BCUT2D eigenvalue weighted by molar-refractivity contribution is 0.168. The molecule has 0 unspecified atom stereocenters. The van der Waals surface area contributed by atoms with Crippen molar-refractivity contribution in [3.8, 4) is 0 Å². The number of nitrogens with zero attached hydrogens (tertiary/aromatic N) is 1. The Morgan fingerprint density at radius 1 is 0.826 bits per heavy atom. The van der Waals surface area contributed by atoms with Crippen molar-refractivity contribution < 1.29 is 0 Å². The Morgan fingerprint density at radius 3 is 2.17 bits per heavy atom. The lowest BCUT2D eigenvalue weighted by Gasteiger charge is -2.32. The summed E-state index contributed by atoms with van der Waals surface area (Å²) >= 11 is 0. The third kappa shape index (κ3) is 3.84. The van der Waals surface area contributed by atoms with Crippen LogP contribution in [0.4, 0.5) is 0 Å². The second-order valence-corrected chi connectivity index (χ2v) is 7.45. The van der Waals surface area contributed by atoms with Crippen molar-refractivity contribution in [3.05, 3.63) is 71.8 Å². The van der Waals surface area contributed by atoms with Gasteiger partial charge in [0.1, 0.15) is 0 Å². The topological polar surface area (TPSA) is 3.24 Å². The van der Waals surface area contributed by atoms with E-state index in [0.717, 1.165) is 24.3 Å². The summed E-state index contributed by atoms with van der Waals surface area (Å²) in [5.41, 5.74) is 3.02. The van der Waals surface area contributed by atoms with E-state index in [-0.39, 0.29) is 0 Å². The van der Waals surface area contributed by atoms with Crippen molar-refractivity contribution in [1.29, 1.82) is 0 Å². The zero-order chi connectivity index (χ0) is 15.5. The van der Waals surface area contributed by atoms with E-state index in [2.05, 4.69) is 65.6 Å². The van der Waals surface area contributed by atoms with E-state index >= 15 is 0 Å². The van der Waals surface area contributed by atoms with E-state index in [9.17, 15) is 0 Å². The normalized spacial score (nSPS) is 25.4. The Hall–Kier alpha value is -1.60. The van der Waals surface area contributed by atoms with Gasteiger partial charge in [0.2, 0.25) is 0 Å². The van der Waals surface area contributed by atoms with E-state index in [1.807, 2.05) is 0 Å². The van der Waals surface area contributed by atoms with Crippen LogP contribution >= 0.6 is 0 Å². The molecule has 1 saturated heterocycles. The number of hydrogen-bond acceptors (Lipinski definition) is 1. The first-order valence-electron chi connectivity index (χ1n) is 9.20. The van der Waals surface area contributed by atoms with Crippen molar-refractivity contribution in [2.75, 3.05) is 13.1 Å². The Kier molecular flexibility index (Phi) is 4.48. The van der Waals surface area contributed by atoms with E-state index in [1.165, 1.54) is 44.3 Å². The second-order valence-electron chi connectivity index (χ2n) is 7.45. The van der Waals surface area contributed by atoms with Crippen molar-refractivity contribution in [3.63, 3.8) is 0 Å². The molecule has 4 rings (SSSR count). The summed E-state index contributed by atoms with van der Waals surface area (Å²) < 4.78 is 0. The van der Waals surface area contributed by atoms with Gasteiger partial charge in [-0.3, -0.25) is 4.90 Å². The average molecular weight is 305 g/mol. The predicted octanol–water partition coefficient (Wildman–Crippen LogP) is 5.09. The summed E-state index contributed by atoms with van der Waals surface area (Å²) in [6, 6.07) is 22.0. The standard InChI is InChI=1S/C22H27N/c1-3-7-19(8-4-1)17-23-13-11-18(12-14-23)15-21-16-22(21)20-9-5-2-6-10-20/h1-10,18,21-22H,11-17H2/t21-,22+/m1/s1. The fourth-order valence-corrected chi connectivity index (χ4v) is 4.27. The Bertz CT molecular complexity index is 598. The molecule has 1 heterocycles. The first kappa shape index (κ1) is 15.0. The molecule has 0 aromatic heterocycles. The molecule has 120 valence electrons. The molecule has 2 atom stereocenters. The quantitative estimate of drug-likeness (QED) is 0.743. The average Bonchev–Trinajstić information content (AvgIpc) is 3.38. The largest absolute Gasteiger partial charge is 0.299 e. The Balaban J connectivity index is 1.22. The monoisotopic (exact) mass is 305 g/mol. The molecule has 1 nitrogen and oxygen atoms in total. The van der Waals surface area contributed by atoms with Gasteiger partial charge in [-0.2, -0.15) is 0 Å². The molecular weight excluding hydrogens is 278 g/mol. The van der Waals surface area contributed by atoms with Gasteiger partial charge in [0, 0.05) is 6.54 Å². The highest BCUT2D eigenvalue weighted by molar-refractivity contribution is 5.25. The van der Waals surface area contributed by atoms with Gasteiger partial charge in [0.05, 0.1) is 0 Å². The SMILES string of the molecule is c1ccc(CN2CCC(C[C@@H]3C[C@H]3c3ccccc3)CC2)cc1. The maximum absolute atomic E-state index is 2.63. The maximum Gasteiger partial charge on any atom is 0.0233 e. The van der Waals surface area contributed by atoms with Crippen LogP contribution in [0.15, 0.2) is 60.7 Å². The zero-order valence-electron chi connectivity index (χ0n) is 13.9. The van der Waals surface area contributed by atoms with Gasteiger partial charge in [-0.15, -0.1) is 0 Å². The number of benzene rings is 2. The fourth-order valence-electron chi connectivity index (χ4n) is 4.27. The summed E-state index contributed by atoms with van der Waals surface area (Å²) in [5.74, 6) is 2.78. The van der Waals surface area contributed by atoms with E-state index in [1.54, 1.807) is 5.56 Å². The predicted molar refractivity (Wildman–Crippen MR) is 96.4 cm³/mol. The molecule has 0 N–H and O–H groups in total. The molecule has 0 bridgehead atoms. The van der Waals surface area contributed by atoms with Crippen LogP contribution in [0, 0.1) is 11.8 Å². The van der Waals surface area contributed by atoms with Crippen LogP contribution < -0.4 is 0 Å². The van der Waals surface area contributed by atoms with Crippen molar-refractivity contribution in [2.45, 2.75) is 38.1 Å². The molecule has 1 aliphatic heterocycles. The molecule has 0 radical (unpaired) electrons. The van der Waals surface area contributed by atoms with E-state index in [4.69, 9.17) is 0 Å². The summed E-state index contributed by atoms with van der Waals surface area (Å²) in [4.78, 5) is 2.63. The van der Waals surface area contributed by atoms with Crippen molar-refractivity contribution >= 4 is 0 Å². The van der Waals surface area contributed by atoms with Crippen LogP contribution in [0.1, 0.15) is 42.7 Å². The highest BCUT2D eigenvalue weighted by Crippen LogP contribution is 2.51. The first-order chi connectivity index (χ1) is 11.4. The minimum Gasteiger partial charge on any atom is -0.299 e. The Morgan fingerprint density at radius 2 is 1.48 bits per heavy atom. The highest BCUT2D eigenvalue weighted by Gasteiger charge is 2.39. The molecule has 2 aromatic carbocycles. The molecule has 2 fully saturated rings. The van der Waals surface area contributed by atoms with Crippen molar-refractivity contribution in [2.24, 2.45) is 11.8 Å². The Labute approximate surface area is 140 Å². The molecule has 1 aliphatic carbocycles. The van der Waals surface area contributed by atoms with Gasteiger partial charge in [-0.1, -0.05) is 60.7 Å². The minimum absolute atomic E-state index is 0.860. The third-order valence-electron chi connectivity index (χ3n) is 5.74. The van der Waals surface area contributed by atoms with Crippen molar-refractivity contribution in [1.82, 2.24) is 4.90 Å². The number of hydrogen-bond donors (Lipinski definition) is 0. The summed E-state index contributed by atoms with van der Waals surface area (Å²) in [5, 5.41) is 0. The first-order valence-corrected chi connectivity index (χ1v) is 9.20. The smallest absolute Gasteiger partial charge is 0.0233 e. The molecular formula is C22H27N. The second kappa shape index (κ2) is 6.88. The van der Waals surface area contributed by atoms with Crippen LogP contribution in [0.3, 0.4) is 0 Å². The van der Waals surface area contributed by atoms with Gasteiger partial charge >= 0.3 is 0 Å². The fraction of sp³-hybridized carbons (Fsp3) is 0.455. The maximum atomic E-state index is 2.63. The number of piperidine rings is 1. The zero-order valence-corrected chi connectivity index (χ0v) is 13.9. The van der Waals surface area contributed by atoms with Gasteiger partial charge in [-0.25, -0.2) is 0 Å². The van der Waals surface area contributed by atoms with Crippen LogP contribution in [-0.4, -0.2) is 18.0 Å². The van der Waals surface area contributed by atoms with Crippen LogP contribution in [0.5, 0.6) is 0 Å². The van der Waals surface area contributed by atoms with Gasteiger partial charge < -0.3 is 0 Å². The lowest BCUT2D eigenvalue weighted by Crippen LogP contribution is -2.33. The van der Waals surface area contributed by atoms with Gasteiger partial charge in [0.15, 0.2) is 0 Å². The van der Waals surface area contributed by atoms with Gasteiger partial charge in [0.25, 0.3) is 0 Å². The summed E-state index contributed by atoms with van der Waals surface area (Å²) in [7, 11) is 0. The minimum atomic E-state index is 0.860. The molecule has 2 aliphatic rings.